The molecule has 1 saturated heterocycles. The second kappa shape index (κ2) is 3.76. The van der Waals surface area contributed by atoms with Gasteiger partial charge in [0.1, 0.15) is 6.10 Å². The minimum absolute atomic E-state index is 0.503. The van der Waals surface area contributed by atoms with E-state index >= 15 is 0 Å². The number of aliphatic hydroxyl groups excluding tert-OH is 1. The van der Waals surface area contributed by atoms with Crippen molar-refractivity contribution in [1.82, 2.24) is 0 Å². The lowest BCUT2D eigenvalue weighted by atomic mass is 10.1. The van der Waals surface area contributed by atoms with E-state index in [1.165, 1.54) is 0 Å². The second-order valence-corrected chi connectivity index (χ2v) is 3.71. The van der Waals surface area contributed by atoms with Crippen molar-refractivity contribution in [2.24, 2.45) is 0 Å². The predicted molar refractivity (Wildman–Crippen MR) is 44.7 cm³/mol. The molecule has 0 radical (unpaired) electrons. The highest BCUT2D eigenvalue weighted by Gasteiger charge is 2.40. The number of rotatable bonds is 2. The highest BCUT2D eigenvalue weighted by molar-refractivity contribution is 7.99. The molecular formula is C7H14O3S. The zero-order chi connectivity index (χ0) is 8.32. The topological polar surface area (TPSA) is 38.7 Å². The van der Waals surface area contributed by atoms with Gasteiger partial charge in [0.05, 0.1) is 0 Å². The van der Waals surface area contributed by atoms with E-state index in [-0.39, 0.29) is 0 Å². The first-order valence-corrected chi connectivity index (χ1v) is 4.77. The van der Waals surface area contributed by atoms with E-state index in [0.29, 0.717) is 5.75 Å². The van der Waals surface area contributed by atoms with Gasteiger partial charge in [0.15, 0.2) is 5.79 Å². The quantitative estimate of drug-likeness (QED) is 0.624. The summed E-state index contributed by atoms with van der Waals surface area (Å²) in [7, 11) is 3.14. The van der Waals surface area contributed by atoms with Crippen LogP contribution < -0.4 is 0 Å². The van der Waals surface area contributed by atoms with Crippen molar-refractivity contribution >= 4 is 11.8 Å². The van der Waals surface area contributed by atoms with Crippen molar-refractivity contribution in [2.45, 2.75) is 18.3 Å². The average Bonchev–Trinajstić information content (AvgIpc) is 2.06. The smallest absolute Gasteiger partial charge is 0.195 e. The molecule has 1 N–H and O–H groups in total. The molecule has 1 aliphatic heterocycles. The van der Waals surface area contributed by atoms with Gasteiger partial charge in [0.25, 0.3) is 0 Å². The fourth-order valence-electron chi connectivity index (χ4n) is 1.26. The van der Waals surface area contributed by atoms with Gasteiger partial charge in [-0.2, -0.15) is 11.8 Å². The molecule has 1 heterocycles. The lowest BCUT2D eigenvalue weighted by Gasteiger charge is -2.38. The van der Waals surface area contributed by atoms with Crippen LogP contribution in [0.25, 0.3) is 0 Å². The summed E-state index contributed by atoms with van der Waals surface area (Å²) in [6.45, 7) is 0. The first-order chi connectivity index (χ1) is 5.25. The third kappa shape index (κ3) is 1.69. The zero-order valence-electron chi connectivity index (χ0n) is 6.87. The normalized spacial score (nSPS) is 30.3. The van der Waals surface area contributed by atoms with E-state index < -0.39 is 11.9 Å². The highest BCUT2D eigenvalue weighted by atomic mass is 32.2. The van der Waals surface area contributed by atoms with Gasteiger partial charge in [-0.05, 0) is 5.75 Å². The Morgan fingerprint density at radius 1 is 1.45 bits per heavy atom. The maximum atomic E-state index is 9.55. The number of hydrogen-bond acceptors (Lipinski definition) is 4. The maximum Gasteiger partial charge on any atom is 0.195 e. The molecular weight excluding hydrogens is 164 g/mol. The van der Waals surface area contributed by atoms with E-state index in [2.05, 4.69) is 0 Å². The Kier molecular flexibility index (Phi) is 3.18. The summed E-state index contributed by atoms with van der Waals surface area (Å²) < 4.78 is 10.3. The molecule has 1 atom stereocenters. The molecule has 0 aromatic heterocycles. The number of aliphatic hydroxyl groups is 1. The van der Waals surface area contributed by atoms with Crippen molar-refractivity contribution in [3.8, 4) is 0 Å². The van der Waals surface area contributed by atoms with Crippen molar-refractivity contribution in [2.75, 3.05) is 25.7 Å². The molecule has 1 aliphatic rings. The predicted octanol–water partition coefficient (Wildman–Crippen LogP) is 0.473. The summed E-state index contributed by atoms with van der Waals surface area (Å²) in [5.74, 6) is 0.936. The minimum Gasteiger partial charge on any atom is -0.387 e. The Hall–Kier alpha value is 0.230. The lowest BCUT2D eigenvalue weighted by molar-refractivity contribution is -0.255. The van der Waals surface area contributed by atoms with Crippen molar-refractivity contribution in [3.63, 3.8) is 0 Å². The van der Waals surface area contributed by atoms with Gasteiger partial charge in [-0.15, -0.1) is 0 Å². The minimum atomic E-state index is -0.745. The molecule has 3 nitrogen and oxygen atoms in total. The van der Waals surface area contributed by atoms with E-state index in [1.54, 1.807) is 26.0 Å². The molecule has 4 heteroatoms. The fraction of sp³-hybridized carbons (Fsp3) is 1.00. The van der Waals surface area contributed by atoms with Gasteiger partial charge in [-0.3, -0.25) is 0 Å². The molecule has 0 amide bonds. The van der Waals surface area contributed by atoms with E-state index in [0.717, 1.165) is 12.2 Å². The first kappa shape index (κ1) is 9.32. The van der Waals surface area contributed by atoms with Crippen LogP contribution in [0.15, 0.2) is 0 Å². The second-order valence-electron chi connectivity index (χ2n) is 2.56. The third-order valence-electron chi connectivity index (χ3n) is 2.07. The molecule has 0 unspecified atom stereocenters. The molecule has 11 heavy (non-hydrogen) atoms. The number of ether oxygens (including phenoxy) is 2. The summed E-state index contributed by atoms with van der Waals surface area (Å²) in [5, 5.41) is 9.55. The SMILES string of the molecule is COC1(OC)CCSC[C@H]1O. The summed E-state index contributed by atoms with van der Waals surface area (Å²) in [6.07, 6.45) is 0.252. The van der Waals surface area contributed by atoms with Crippen LogP contribution in [0, 0.1) is 0 Å². The van der Waals surface area contributed by atoms with Crippen molar-refractivity contribution in [3.05, 3.63) is 0 Å². The fourth-order valence-corrected chi connectivity index (χ4v) is 2.34. The molecule has 0 spiro atoms. The Balaban J connectivity index is 2.61. The Bertz CT molecular complexity index is 125. The van der Waals surface area contributed by atoms with E-state index in [4.69, 9.17) is 9.47 Å². The van der Waals surface area contributed by atoms with Gasteiger partial charge >= 0.3 is 0 Å². The zero-order valence-corrected chi connectivity index (χ0v) is 7.69. The molecule has 1 rings (SSSR count). The number of methoxy groups -OCH3 is 2. The van der Waals surface area contributed by atoms with Gasteiger partial charge in [0.2, 0.25) is 0 Å². The van der Waals surface area contributed by atoms with Crippen molar-refractivity contribution < 1.29 is 14.6 Å². The summed E-state index contributed by atoms with van der Waals surface area (Å²) in [4.78, 5) is 0. The highest BCUT2D eigenvalue weighted by Crippen LogP contribution is 2.30. The Morgan fingerprint density at radius 2 is 2.09 bits per heavy atom. The van der Waals surface area contributed by atoms with Crippen LogP contribution in [0.4, 0.5) is 0 Å². The first-order valence-electron chi connectivity index (χ1n) is 3.61. The summed E-state index contributed by atoms with van der Waals surface area (Å²) >= 11 is 1.73. The molecule has 0 bridgehead atoms. The van der Waals surface area contributed by atoms with Crippen LogP contribution in [-0.2, 0) is 9.47 Å². The molecule has 0 aliphatic carbocycles. The van der Waals surface area contributed by atoms with E-state index in [1.807, 2.05) is 0 Å². The number of hydrogen-bond donors (Lipinski definition) is 1. The Labute approximate surface area is 71.1 Å². The largest absolute Gasteiger partial charge is 0.387 e. The van der Waals surface area contributed by atoms with Gasteiger partial charge in [0, 0.05) is 26.4 Å². The standard InChI is InChI=1S/C7H14O3S/c1-9-7(10-2)3-4-11-5-6(7)8/h6,8H,3-5H2,1-2H3/t6-/m1/s1. The monoisotopic (exact) mass is 178 g/mol. The molecule has 66 valence electrons. The third-order valence-corrected chi connectivity index (χ3v) is 3.11. The van der Waals surface area contributed by atoms with Crippen LogP contribution in [0.1, 0.15) is 6.42 Å². The summed E-state index contributed by atoms with van der Waals surface area (Å²) in [5.41, 5.74) is 0. The lowest BCUT2D eigenvalue weighted by Crippen LogP contribution is -2.50. The van der Waals surface area contributed by atoms with Crippen molar-refractivity contribution in [1.29, 1.82) is 0 Å². The van der Waals surface area contributed by atoms with Gasteiger partial charge < -0.3 is 14.6 Å². The molecule has 0 aromatic rings. The van der Waals surface area contributed by atoms with E-state index in [9.17, 15) is 5.11 Å². The molecule has 1 fully saturated rings. The maximum absolute atomic E-state index is 9.55. The van der Waals surface area contributed by atoms with Crippen LogP contribution >= 0.6 is 11.8 Å². The van der Waals surface area contributed by atoms with Crippen LogP contribution in [0.3, 0.4) is 0 Å². The molecule has 0 saturated carbocycles. The summed E-state index contributed by atoms with van der Waals surface area (Å²) in [6, 6.07) is 0. The van der Waals surface area contributed by atoms with Crippen LogP contribution in [0.5, 0.6) is 0 Å². The van der Waals surface area contributed by atoms with Crippen LogP contribution in [-0.4, -0.2) is 42.7 Å². The van der Waals surface area contributed by atoms with Gasteiger partial charge in [-0.25, -0.2) is 0 Å². The van der Waals surface area contributed by atoms with Crippen LogP contribution in [0.2, 0.25) is 0 Å². The number of thioether (sulfide) groups is 1. The average molecular weight is 178 g/mol. The molecule has 0 aromatic carbocycles. The Morgan fingerprint density at radius 3 is 2.45 bits per heavy atom. The van der Waals surface area contributed by atoms with Gasteiger partial charge in [-0.1, -0.05) is 0 Å².